The molecule has 1 N–H and O–H groups in total. The Morgan fingerprint density at radius 1 is 0.656 bits per heavy atom. The Bertz CT molecular complexity index is 1140. The molecular formula is C28H30BO2P. The number of benzene rings is 4. The molecule has 4 aromatic carbocycles. The molecule has 0 radical (unpaired) electrons. The minimum Gasteiger partial charge on any atom is -0.427 e. The summed E-state index contributed by atoms with van der Waals surface area (Å²) >= 11 is 0. The van der Waals surface area contributed by atoms with Crippen molar-refractivity contribution in [2.45, 2.75) is 38.9 Å². The molecule has 0 fully saturated rings. The predicted molar refractivity (Wildman–Crippen MR) is 141 cm³/mol. The molecule has 2 nitrogen and oxygen atoms in total. The minimum atomic E-state index is -0.933. The SMILES string of the molecule is CC(C)(O)C(C)(C)OBc1ccc(P(c2ccccc2)c2ccccc2)c2ccccc12. The molecule has 0 spiro atoms. The van der Waals surface area contributed by atoms with Gasteiger partial charge in [0.05, 0.1) is 11.2 Å². The van der Waals surface area contributed by atoms with Gasteiger partial charge in [0.1, 0.15) is 0 Å². The van der Waals surface area contributed by atoms with Gasteiger partial charge in [-0.3, -0.25) is 0 Å². The fourth-order valence-corrected chi connectivity index (χ4v) is 6.14. The van der Waals surface area contributed by atoms with Crippen molar-refractivity contribution in [2.75, 3.05) is 0 Å². The number of hydrogen-bond acceptors (Lipinski definition) is 2. The standard InChI is InChI=1S/C28H30BO2P/c1-27(2,30)28(3,4)31-29-25-19-20-26(24-18-12-11-17-23(24)25)32(21-13-7-5-8-14-21)22-15-9-6-10-16-22/h5-20,29-30H,1-4H3. The number of fused-ring (bicyclic) bond motifs is 1. The van der Waals surface area contributed by atoms with Crippen LogP contribution in [0.15, 0.2) is 97.1 Å². The Morgan fingerprint density at radius 2 is 1.16 bits per heavy atom. The van der Waals surface area contributed by atoms with Crippen molar-refractivity contribution in [3.63, 3.8) is 0 Å². The van der Waals surface area contributed by atoms with Crippen LogP contribution in [0.25, 0.3) is 10.8 Å². The van der Waals surface area contributed by atoms with E-state index in [1.807, 2.05) is 13.8 Å². The maximum absolute atomic E-state index is 10.5. The Labute approximate surface area is 193 Å². The lowest BCUT2D eigenvalue weighted by Gasteiger charge is -2.37. The van der Waals surface area contributed by atoms with Crippen LogP contribution in [-0.4, -0.2) is 23.8 Å². The quantitative estimate of drug-likeness (QED) is 0.346. The van der Waals surface area contributed by atoms with Crippen LogP contribution in [0.5, 0.6) is 0 Å². The van der Waals surface area contributed by atoms with Gasteiger partial charge in [-0.1, -0.05) is 97.1 Å². The Morgan fingerprint density at radius 3 is 1.69 bits per heavy atom. The third kappa shape index (κ3) is 4.66. The lowest BCUT2D eigenvalue weighted by Crippen LogP contribution is -2.49. The van der Waals surface area contributed by atoms with Crippen LogP contribution in [0.2, 0.25) is 0 Å². The molecule has 0 amide bonds. The minimum absolute atomic E-state index is 0.451. The van der Waals surface area contributed by atoms with Crippen molar-refractivity contribution in [1.29, 1.82) is 0 Å². The molecule has 4 rings (SSSR count). The molecule has 0 saturated carbocycles. The predicted octanol–water partition coefficient (Wildman–Crippen LogP) is 4.14. The summed E-state index contributed by atoms with van der Waals surface area (Å²) in [6.45, 7) is 7.46. The van der Waals surface area contributed by atoms with Crippen LogP contribution in [0, 0.1) is 0 Å². The van der Waals surface area contributed by atoms with E-state index in [1.54, 1.807) is 13.8 Å². The normalized spacial score (nSPS) is 12.3. The maximum atomic E-state index is 10.5. The summed E-state index contributed by atoms with van der Waals surface area (Å²) in [6.07, 6.45) is 0. The molecule has 4 aromatic rings. The zero-order valence-corrected chi connectivity index (χ0v) is 20.1. The van der Waals surface area contributed by atoms with E-state index in [4.69, 9.17) is 4.65 Å². The van der Waals surface area contributed by atoms with Crippen molar-refractivity contribution < 1.29 is 9.76 Å². The molecule has 0 bridgehead atoms. The molecule has 0 aromatic heterocycles. The van der Waals surface area contributed by atoms with Crippen LogP contribution < -0.4 is 21.4 Å². The summed E-state index contributed by atoms with van der Waals surface area (Å²) in [7, 11) is -0.239. The summed E-state index contributed by atoms with van der Waals surface area (Å²) in [6, 6.07) is 34.6. The van der Waals surface area contributed by atoms with E-state index < -0.39 is 19.1 Å². The van der Waals surface area contributed by atoms with Gasteiger partial charge in [0.25, 0.3) is 0 Å². The molecular weight excluding hydrogens is 410 g/mol. The molecule has 0 aliphatic carbocycles. The third-order valence-corrected chi connectivity index (χ3v) is 8.82. The van der Waals surface area contributed by atoms with Gasteiger partial charge >= 0.3 is 7.48 Å². The highest BCUT2D eigenvalue weighted by molar-refractivity contribution is 7.80. The summed E-state index contributed by atoms with van der Waals surface area (Å²) in [4.78, 5) is 0. The molecule has 162 valence electrons. The van der Waals surface area contributed by atoms with Crippen LogP contribution >= 0.6 is 7.92 Å². The van der Waals surface area contributed by atoms with E-state index in [0.717, 1.165) is 5.46 Å². The van der Waals surface area contributed by atoms with Gasteiger partial charge in [-0.25, -0.2) is 0 Å². The highest BCUT2D eigenvalue weighted by atomic mass is 31.1. The molecule has 0 aliphatic rings. The molecule has 4 heteroatoms. The van der Waals surface area contributed by atoms with E-state index in [1.165, 1.54) is 26.7 Å². The largest absolute Gasteiger partial charge is 0.427 e. The Kier molecular flexibility index (Phi) is 6.53. The van der Waals surface area contributed by atoms with Crippen molar-refractivity contribution in [3.8, 4) is 0 Å². The topological polar surface area (TPSA) is 29.5 Å². The van der Waals surface area contributed by atoms with Crippen LogP contribution in [0.3, 0.4) is 0 Å². The first kappa shape index (κ1) is 22.7. The summed E-state index contributed by atoms with van der Waals surface area (Å²) in [5, 5.41) is 17.0. The van der Waals surface area contributed by atoms with Crippen molar-refractivity contribution in [3.05, 3.63) is 97.1 Å². The second-order valence-corrected chi connectivity index (χ2v) is 11.3. The zero-order chi connectivity index (χ0) is 22.8. The molecule has 0 atom stereocenters. The molecule has 0 unspecified atom stereocenters. The van der Waals surface area contributed by atoms with Crippen molar-refractivity contribution >= 4 is 47.6 Å². The van der Waals surface area contributed by atoms with E-state index in [0.29, 0.717) is 7.48 Å². The van der Waals surface area contributed by atoms with Crippen molar-refractivity contribution in [2.24, 2.45) is 0 Å². The first-order chi connectivity index (χ1) is 15.3. The molecule has 32 heavy (non-hydrogen) atoms. The maximum Gasteiger partial charge on any atom is 0.310 e. The average molecular weight is 440 g/mol. The Hall–Kier alpha value is -2.45. The zero-order valence-electron chi connectivity index (χ0n) is 19.2. The van der Waals surface area contributed by atoms with E-state index in [-0.39, 0.29) is 0 Å². The summed E-state index contributed by atoms with van der Waals surface area (Å²) in [5.41, 5.74) is -0.455. The van der Waals surface area contributed by atoms with Crippen molar-refractivity contribution in [1.82, 2.24) is 0 Å². The average Bonchev–Trinajstić information content (AvgIpc) is 2.79. The summed E-state index contributed by atoms with van der Waals surface area (Å²) in [5.74, 6) is 0. The van der Waals surface area contributed by atoms with Gasteiger partial charge in [-0.15, -0.1) is 0 Å². The number of aliphatic hydroxyl groups is 1. The third-order valence-electron chi connectivity index (χ3n) is 6.32. The lowest BCUT2D eigenvalue weighted by molar-refractivity contribution is -0.0893. The first-order valence-corrected chi connectivity index (χ1v) is 12.4. The highest BCUT2D eigenvalue weighted by Gasteiger charge is 2.35. The van der Waals surface area contributed by atoms with E-state index in [9.17, 15) is 5.11 Å². The van der Waals surface area contributed by atoms with Gasteiger partial charge in [0.15, 0.2) is 0 Å². The van der Waals surface area contributed by atoms with Gasteiger partial charge in [0, 0.05) is 0 Å². The monoisotopic (exact) mass is 440 g/mol. The Balaban J connectivity index is 1.81. The second-order valence-electron chi connectivity index (χ2n) is 9.15. The van der Waals surface area contributed by atoms with Crippen LogP contribution in [-0.2, 0) is 4.65 Å². The highest BCUT2D eigenvalue weighted by Crippen LogP contribution is 2.35. The first-order valence-electron chi connectivity index (χ1n) is 11.1. The van der Waals surface area contributed by atoms with Gasteiger partial charge in [-0.2, -0.15) is 0 Å². The lowest BCUT2D eigenvalue weighted by atomic mass is 9.80. The van der Waals surface area contributed by atoms with Crippen LogP contribution in [0.4, 0.5) is 0 Å². The van der Waals surface area contributed by atoms with Gasteiger partial charge in [-0.05, 0) is 67.8 Å². The second kappa shape index (κ2) is 9.20. The fraction of sp³-hybridized carbons (Fsp3) is 0.214. The molecule has 0 saturated heterocycles. The molecule has 0 aliphatic heterocycles. The van der Waals surface area contributed by atoms with Gasteiger partial charge in [0.2, 0.25) is 0 Å². The number of hydrogen-bond donors (Lipinski definition) is 1. The van der Waals surface area contributed by atoms with Gasteiger partial charge < -0.3 is 9.76 Å². The number of rotatable bonds is 7. The fourth-order valence-electron chi connectivity index (χ4n) is 3.68. The smallest absolute Gasteiger partial charge is 0.310 e. The van der Waals surface area contributed by atoms with Crippen LogP contribution in [0.1, 0.15) is 27.7 Å². The summed E-state index contributed by atoms with van der Waals surface area (Å²) < 4.78 is 6.21. The molecule has 0 heterocycles. The van der Waals surface area contributed by atoms with E-state index >= 15 is 0 Å². The van der Waals surface area contributed by atoms with E-state index in [2.05, 4.69) is 97.1 Å².